The van der Waals surface area contributed by atoms with Gasteiger partial charge in [0.2, 0.25) is 22.4 Å². The summed E-state index contributed by atoms with van der Waals surface area (Å²) in [4.78, 5) is 12.4. The van der Waals surface area contributed by atoms with Crippen molar-refractivity contribution in [3.63, 3.8) is 0 Å². The molecule has 0 amide bonds. The molecule has 0 spiro atoms. The number of halogens is 1. The summed E-state index contributed by atoms with van der Waals surface area (Å²) in [6.45, 7) is 0.325. The first kappa shape index (κ1) is 13.0. The number of aromatic nitrogens is 1. The van der Waals surface area contributed by atoms with E-state index in [-0.39, 0.29) is 5.78 Å². The van der Waals surface area contributed by atoms with Gasteiger partial charge in [0.1, 0.15) is 0 Å². The Balaban J connectivity index is 2.03. The van der Waals surface area contributed by atoms with Gasteiger partial charge in [0.15, 0.2) is 0 Å². The molecule has 1 aromatic heterocycles. The van der Waals surface area contributed by atoms with Crippen LogP contribution in [0.25, 0.3) is 10.9 Å². The zero-order chi connectivity index (χ0) is 13.9. The van der Waals surface area contributed by atoms with Crippen molar-refractivity contribution in [1.82, 2.24) is 0 Å². The lowest BCUT2D eigenvalue weighted by molar-refractivity contribution is -0.668. The van der Waals surface area contributed by atoms with E-state index in [2.05, 4.69) is 15.9 Å². The lowest BCUT2D eigenvalue weighted by Crippen LogP contribution is -2.40. The predicted octanol–water partition coefficient (Wildman–Crippen LogP) is 3.77. The molecular weight excluding hydrogens is 314 g/mol. The second kappa shape index (κ2) is 5.55. The van der Waals surface area contributed by atoms with Crippen molar-refractivity contribution in [2.75, 3.05) is 0 Å². The second-order valence-electron chi connectivity index (χ2n) is 4.59. The summed E-state index contributed by atoms with van der Waals surface area (Å²) >= 11 is 3.53. The Hall–Kier alpha value is -2.00. The van der Waals surface area contributed by atoms with Crippen LogP contribution in [0.4, 0.5) is 0 Å². The molecule has 0 bridgehead atoms. The molecule has 3 heteroatoms. The quantitative estimate of drug-likeness (QED) is 0.407. The van der Waals surface area contributed by atoms with E-state index < -0.39 is 0 Å². The molecule has 0 aliphatic heterocycles. The number of fused-ring (bicyclic) bond motifs is 1. The molecule has 0 atom stereocenters. The highest BCUT2D eigenvalue weighted by Crippen LogP contribution is 2.14. The van der Waals surface area contributed by atoms with Gasteiger partial charge in [-0.2, -0.15) is 4.57 Å². The topological polar surface area (TPSA) is 20.9 Å². The minimum Gasteiger partial charge on any atom is -0.287 e. The van der Waals surface area contributed by atoms with Crippen LogP contribution < -0.4 is 4.57 Å². The molecule has 0 saturated heterocycles. The molecule has 0 N–H and O–H groups in total. The molecule has 3 aromatic rings. The molecule has 20 heavy (non-hydrogen) atoms. The highest BCUT2D eigenvalue weighted by molar-refractivity contribution is 9.10. The Kier molecular flexibility index (Phi) is 3.61. The first-order valence-electron chi connectivity index (χ1n) is 6.41. The summed E-state index contributed by atoms with van der Waals surface area (Å²) in [5.74, 6) is 0.104. The number of Topliss-reactive ketones (excluding diaryl/α,β-unsaturated/α-hetero) is 1. The molecule has 2 aromatic carbocycles. The van der Waals surface area contributed by atoms with E-state index in [1.54, 1.807) is 0 Å². The fraction of sp³-hybridized carbons (Fsp3) is 0.0588. The number of para-hydroxylation sites is 1. The van der Waals surface area contributed by atoms with Crippen molar-refractivity contribution < 1.29 is 9.36 Å². The van der Waals surface area contributed by atoms with Crippen LogP contribution in [-0.2, 0) is 6.54 Å². The number of nitrogens with zero attached hydrogens (tertiary/aromatic N) is 1. The fourth-order valence-corrected chi connectivity index (χ4v) is 2.71. The molecule has 2 nitrogen and oxygen atoms in total. The van der Waals surface area contributed by atoms with Crippen LogP contribution in [0.15, 0.2) is 71.3 Å². The Labute approximate surface area is 125 Å². The average Bonchev–Trinajstić information content (AvgIpc) is 2.51. The third kappa shape index (κ3) is 2.49. The largest absolute Gasteiger partial charge is 0.287 e. The number of benzene rings is 2. The first-order chi connectivity index (χ1) is 9.75. The van der Waals surface area contributed by atoms with Gasteiger partial charge in [-0.25, -0.2) is 0 Å². The van der Waals surface area contributed by atoms with Gasteiger partial charge in [0, 0.05) is 39.0 Å². The predicted molar refractivity (Wildman–Crippen MR) is 82.6 cm³/mol. The van der Waals surface area contributed by atoms with Gasteiger partial charge in [-0.15, -0.1) is 0 Å². The zero-order valence-corrected chi connectivity index (χ0v) is 12.4. The van der Waals surface area contributed by atoms with Crippen LogP contribution in [0.5, 0.6) is 0 Å². The van der Waals surface area contributed by atoms with Crippen molar-refractivity contribution in [3.8, 4) is 0 Å². The summed E-state index contributed by atoms with van der Waals surface area (Å²) < 4.78 is 2.89. The van der Waals surface area contributed by atoms with Crippen molar-refractivity contribution in [1.29, 1.82) is 0 Å². The van der Waals surface area contributed by atoms with Crippen molar-refractivity contribution in [3.05, 3.63) is 76.9 Å². The van der Waals surface area contributed by atoms with E-state index in [9.17, 15) is 4.79 Å². The van der Waals surface area contributed by atoms with Gasteiger partial charge in [-0.05, 0) is 12.1 Å². The fourth-order valence-electron chi connectivity index (χ4n) is 2.26. The number of ketones is 1. The van der Waals surface area contributed by atoms with Gasteiger partial charge >= 0.3 is 0 Å². The smallest absolute Gasteiger partial charge is 0.248 e. The number of carbonyl (C=O) groups excluding carboxylic acids is 1. The third-order valence-electron chi connectivity index (χ3n) is 3.28. The summed E-state index contributed by atoms with van der Waals surface area (Å²) in [6.07, 6.45) is 0. The van der Waals surface area contributed by atoms with Crippen LogP contribution >= 0.6 is 15.9 Å². The highest BCUT2D eigenvalue weighted by atomic mass is 79.9. The molecule has 0 aliphatic carbocycles. The van der Waals surface area contributed by atoms with E-state index in [1.807, 2.05) is 71.3 Å². The summed E-state index contributed by atoms with van der Waals surface area (Å²) in [7, 11) is 0. The van der Waals surface area contributed by atoms with E-state index in [1.165, 1.54) is 0 Å². The van der Waals surface area contributed by atoms with E-state index in [4.69, 9.17) is 0 Å². The zero-order valence-electron chi connectivity index (χ0n) is 10.8. The van der Waals surface area contributed by atoms with Crippen molar-refractivity contribution >= 4 is 32.6 Å². The Morgan fingerprint density at radius 1 is 0.900 bits per heavy atom. The van der Waals surface area contributed by atoms with E-state index in [0.29, 0.717) is 6.54 Å². The van der Waals surface area contributed by atoms with Crippen molar-refractivity contribution in [2.24, 2.45) is 0 Å². The minimum absolute atomic E-state index is 0.104. The molecule has 3 rings (SSSR count). The Morgan fingerprint density at radius 2 is 1.60 bits per heavy atom. The summed E-state index contributed by atoms with van der Waals surface area (Å²) in [5.41, 5.74) is 1.78. The molecule has 0 unspecified atom stereocenters. The summed E-state index contributed by atoms with van der Waals surface area (Å²) in [5, 5.41) is 1.12. The maximum atomic E-state index is 12.4. The summed E-state index contributed by atoms with van der Waals surface area (Å²) in [6, 6.07) is 21.5. The molecule has 0 fully saturated rings. The maximum Gasteiger partial charge on any atom is 0.248 e. The monoisotopic (exact) mass is 326 g/mol. The normalized spacial score (nSPS) is 10.7. The number of pyridine rings is 1. The van der Waals surface area contributed by atoms with Crippen LogP contribution in [0.1, 0.15) is 10.4 Å². The highest BCUT2D eigenvalue weighted by Gasteiger charge is 2.18. The van der Waals surface area contributed by atoms with Crippen LogP contribution in [0, 0.1) is 0 Å². The lowest BCUT2D eigenvalue weighted by Gasteiger charge is -2.03. The van der Waals surface area contributed by atoms with Crippen LogP contribution in [0.2, 0.25) is 0 Å². The second-order valence-corrected chi connectivity index (χ2v) is 5.40. The van der Waals surface area contributed by atoms with Gasteiger partial charge in [-0.3, -0.25) is 4.79 Å². The van der Waals surface area contributed by atoms with Gasteiger partial charge in [0.05, 0.1) is 0 Å². The number of carbonyl (C=O) groups is 1. The number of hydrogen-bond acceptors (Lipinski definition) is 1. The Morgan fingerprint density at radius 3 is 2.40 bits per heavy atom. The van der Waals surface area contributed by atoms with Crippen molar-refractivity contribution in [2.45, 2.75) is 6.54 Å². The van der Waals surface area contributed by atoms with Crippen LogP contribution in [0.3, 0.4) is 0 Å². The van der Waals surface area contributed by atoms with E-state index >= 15 is 0 Å². The Bertz CT molecular complexity index is 768. The third-order valence-corrected chi connectivity index (χ3v) is 3.98. The van der Waals surface area contributed by atoms with E-state index in [0.717, 1.165) is 21.1 Å². The molecule has 98 valence electrons. The lowest BCUT2D eigenvalue weighted by atomic mass is 10.1. The SMILES string of the molecule is O=C(C[n+]1c(Br)ccc2ccccc21)c1ccccc1. The molecule has 0 aliphatic rings. The molecular formula is C17H13BrNO+. The average molecular weight is 327 g/mol. The minimum atomic E-state index is 0.104. The standard InChI is InChI=1S/C17H13BrNO/c18-17-11-10-13-6-4-5-9-15(13)19(17)12-16(20)14-7-2-1-3-8-14/h1-11H,12H2/q+1. The maximum absolute atomic E-state index is 12.4. The molecule has 1 heterocycles. The molecule has 0 saturated carbocycles. The number of rotatable bonds is 3. The van der Waals surface area contributed by atoms with Gasteiger partial charge < -0.3 is 0 Å². The van der Waals surface area contributed by atoms with Crippen LogP contribution in [-0.4, -0.2) is 5.78 Å². The number of hydrogen-bond donors (Lipinski definition) is 0. The van der Waals surface area contributed by atoms with Gasteiger partial charge in [0.25, 0.3) is 0 Å². The molecule has 0 radical (unpaired) electrons. The first-order valence-corrected chi connectivity index (χ1v) is 7.20. The van der Waals surface area contributed by atoms with Gasteiger partial charge in [-0.1, -0.05) is 42.5 Å².